The van der Waals surface area contributed by atoms with Gasteiger partial charge in [-0.1, -0.05) is 42.4 Å². The Labute approximate surface area is 99.4 Å². The lowest BCUT2D eigenvalue weighted by Crippen LogP contribution is -2.18. The van der Waals surface area contributed by atoms with E-state index >= 15 is 0 Å². The summed E-state index contributed by atoms with van der Waals surface area (Å²) in [6.07, 6.45) is 6.18. The summed E-state index contributed by atoms with van der Waals surface area (Å²) in [5.74, 6) is 7.38. The zero-order chi connectivity index (χ0) is 9.29. The predicted octanol–water partition coefficient (Wildman–Crippen LogP) is 3.49. The van der Waals surface area contributed by atoms with Crippen molar-refractivity contribution in [1.29, 1.82) is 0 Å². The molecule has 0 aliphatic heterocycles. The number of unbranched alkanes of at least 4 members (excludes halogenated alkanes) is 1. The van der Waals surface area contributed by atoms with Crippen LogP contribution in [0.15, 0.2) is 0 Å². The molecule has 2 unspecified atom stereocenters. The molecule has 6 aliphatic rings. The van der Waals surface area contributed by atoms with Gasteiger partial charge in [-0.15, -0.1) is 0 Å². The van der Waals surface area contributed by atoms with Gasteiger partial charge in [-0.25, -0.2) is 0 Å². The number of hydrogen-bond donors (Lipinski definition) is 0. The first-order valence-corrected chi connectivity index (χ1v) is 7.55. The van der Waals surface area contributed by atoms with Crippen LogP contribution >= 0.6 is 22.6 Å². The molecule has 76 valence electrons. The molecule has 0 aromatic rings. The van der Waals surface area contributed by atoms with Crippen LogP contribution in [0.3, 0.4) is 0 Å². The first kappa shape index (κ1) is 7.92. The molecule has 0 aromatic carbocycles. The summed E-state index contributed by atoms with van der Waals surface area (Å²) in [5.41, 5.74) is 0.923. The van der Waals surface area contributed by atoms with Crippen LogP contribution in [0, 0.1) is 40.9 Å². The highest BCUT2D eigenvalue weighted by Gasteiger charge is 3.02. The SMILES string of the molecule is CCCCC12[C@@H]3[C@H]4C[C@H]([C@@H]5[C@@H]4C51I)[C@@H]32. The number of alkyl halides is 1. The van der Waals surface area contributed by atoms with Crippen LogP contribution < -0.4 is 0 Å². The van der Waals surface area contributed by atoms with Crippen molar-refractivity contribution in [3.8, 4) is 0 Å². The Bertz CT molecular complexity index is 321. The fraction of sp³-hybridized carbons (Fsp3) is 1.00. The summed E-state index contributed by atoms with van der Waals surface area (Å²) in [6.45, 7) is 2.36. The molecular formula is C13H17I. The number of rotatable bonds is 3. The van der Waals surface area contributed by atoms with Crippen LogP contribution in [0.1, 0.15) is 32.6 Å². The average molecular weight is 300 g/mol. The van der Waals surface area contributed by atoms with Gasteiger partial charge in [0.2, 0.25) is 0 Å². The molecule has 8 atom stereocenters. The van der Waals surface area contributed by atoms with Gasteiger partial charge >= 0.3 is 0 Å². The van der Waals surface area contributed by atoms with Crippen molar-refractivity contribution in [2.45, 2.75) is 36.0 Å². The van der Waals surface area contributed by atoms with Crippen LogP contribution in [0.5, 0.6) is 0 Å². The second-order valence-electron chi connectivity index (χ2n) is 6.58. The van der Waals surface area contributed by atoms with Gasteiger partial charge in [-0.3, -0.25) is 0 Å². The van der Waals surface area contributed by atoms with Crippen LogP contribution in [-0.2, 0) is 0 Å². The monoisotopic (exact) mass is 300 g/mol. The molecule has 14 heavy (non-hydrogen) atoms. The summed E-state index contributed by atoms with van der Waals surface area (Å²) in [4.78, 5) is 0. The van der Waals surface area contributed by atoms with E-state index in [9.17, 15) is 0 Å². The first-order chi connectivity index (χ1) is 6.78. The van der Waals surface area contributed by atoms with Gasteiger partial charge < -0.3 is 0 Å². The van der Waals surface area contributed by atoms with Crippen molar-refractivity contribution in [1.82, 2.24) is 0 Å². The van der Waals surface area contributed by atoms with Crippen LogP contribution in [0.2, 0.25) is 0 Å². The van der Waals surface area contributed by atoms with E-state index in [1.54, 1.807) is 12.8 Å². The lowest BCUT2D eigenvalue weighted by molar-refractivity contribution is 0.381. The zero-order valence-corrected chi connectivity index (χ0v) is 10.8. The second-order valence-corrected chi connectivity index (χ2v) is 8.36. The minimum Gasteiger partial charge on any atom is -0.0776 e. The minimum absolute atomic E-state index is 0.864. The number of hydrogen-bond acceptors (Lipinski definition) is 0. The Hall–Kier alpha value is 0.730. The van der Waals surface area contributed by atoms with Gasteiger partial charge in [0.25, 0.3) is 0 Å². The van der Waals surface area contributed by atoms with Crippen molar-refractivity contribution < 1.29 is 0 Å². The molecular weight excluding hydrogens is 283 g/mol. The predicted molar refractivity (Wildman–Crippen MR) is 64.3 cm³/mol. The van der Waals surface area contributed by atoms with E-state index in [4.69, 9.17) is 0 Å². The molecule has 6 saturated carbocycles. The Morgan fingerprint density at radius 2 is 1.79 bits per heavy atom. The third-order valence-electron chi connectivity index (χ3n) is 6.76. The third kappa shape index (κ3) is 0.445. The van der Waals surface area contributed by atoms with Crippen molar-refractivity contribution in [2.75, 3.05) is 0 Å². The molecule has 2 bridgehead atoms. The van der Waals surface area contributed by atoms with E-state index in [1.807, 2.05) is 0 Å². The molecule has 0 spiro atoms. The highest BCUT2D eigenvalue weighted by atomic mass is 127. The van der Waals surface area contributed by atoms with Gasteiger partial charge in [0.1, 0.15) is 0 Å². The van der Waals surface area contributed by atoms with Crippen molar-refractivity contribution in [3.05, 3.63) is 0 Å². The lowest BCUT2D eigenvalue weighted by atomic mass is 9.91. The molecule has 0 aromatic heterocycles. The normalized spacial score (nSPS) is 78.4. The Morgan fingerprint density at radius 1 is 1.14 bits per heavy atom. The standard InChI is InChI=1S/C13H17I/c1-2-3-4-12-8-6-5-7(9(8)12)11-10(6)13(11,12)14/h6-11H,2-5H2,1H3/t6-,7+,8-,9+,10-,11-,12?,13?/m1/s1. The minimum atomic E-state index is 0.864. The largest absolute Gasteiger partial charge is 0.0776 e. The topological polar surface area (TPSA) is 0 Å². The van der Waals surface area contributed by atoms with Gasteiger partial charge in [0.15, 0.2) is 0 Å². The molecule has 0 saturated heterocycles. The van der Waals surface area contributed by atoms with E-state index in [-0.39, 0.29) is 0 Å². The van der Waals surface area contributed by atoms with Crippen LogP contribution in [0.4, 0.5) is 0 Å². The molecule has 0 amide bonds. The summed E-state index contributed by atoms with van der Waals surface area (Å²) in [5, 5.41) is 0. The van der Waals surface area contributed by atoms with Gasteiger partial charge in [-0.2, -0.15) is 0 Å². The van der Waals surface area contributed by atoms with E-state index < -0.39 is 0 Å². The quantitative estimate of drug-likeness (QED) is 0.553. The molecule has 0 radical (unpaired) electrons. The van der Waals surface area contributed by atoms with E-state index in [2.05, 4.69) is 29.5 Å². The highest BCUT2D eigenvalue weighted by Crippen LogP contribution is 3.04. The molecule has 0 N–H and O–H groups in total. The fourth-order valence-corrected chi connectivity index (χ4v) is 9.34. The smallest absolute Gasteiger partial charge is 0.0352 e. The highest BCUT2D eigenvalue weighted by molar-refractivity contribution is 14.1. The summed E-state index contributed by atoms with van der Waals surface area (Å²) >= 11 is 2.91. The number of halogens is 1. The zero-order valence-electron chi connectivity index (χ0n) is 8.67. The molecule has 0 heterocycles. The summed E-state index contributed by atoms with van der Waals surface area (Å²) in [7, 11) is 0. The third-order valence-corrected chi connectivity index (χ3v) is 9.20. The molecule has 6 aliphatic carbocycles. The maximum atomic E-state index is 2.91. The van der Waals surface area contributed by atoms with Gasteiger partial charge in [0, 0.05) is 3.42 Å². The summed E-state index contributed by atoms with van der Waals surface area (Å²) in [6, 6.07) is 0. The van der Waals surface area contributed by atoms with Crippen molar-refractivity contribution >= 4 is 22.6 Å². The lowest BCUT2D eigenvalue weighted by Gasteiger charge is -2.19. The first-order valence-electron chi connectivity index (χ1n) is 6.47. The Balaban J connectivity index is 1.61. The summed E-state index contributed by atoms with van der Waals surface area (Å²) < 4.78 is 0.864. The maximum absolute atomic E-state index is 2.91. The van der Waals surface area contributed by atoms with E-state index in [0.29, 0.717) is 0 Å². The molecule has 1 heteroatoms. The molecule has 6 fully saturated rings. The van der Waals surface area contributed by atoms with Crippen molar-refractivity contribution in [3.63, 3.8) is 0 Å². The van der Waals surface area contributed by atoms with Crippen molar-refractivity contribution in [2.24, 2.45) is 40.9 Å². The van der Waals surface area contributed by atoms with E-state index in [0.717, 1.165) is 8.84 Å². The second kappa shape index (κ2) is 1.84. The molecule has 0 nitrogen and oxygen atoms in total. The van der Waals surface area contributed by atoms with Crippen LogP contribution in [0.25, 0.3) is 0 Å². The van der Waals surface area contributed by atoms with Gasteiger partial charge in [0.05, 0.1) is 0 Å². The fourth-order valence-electron chi connectivity index (χ4n) is 6.83. The Morgan fingerprint density at radius 3 is 2.21 bits per heavy atom. The maximum Gasteiger partial charge on any atom is 0.0352 e. The average Bonchev–Trinajstić information content (AvgIpc) is 2.86. The van der Waals surface area contributed by atoms with E-state index in [1.165, 1.54) is 48.3 Å². The Kier molecular flexibility index (Phi) is 1.04. The van der Waals surface area contributed by atoms with Gasteiger partial charge in [-0.05, 0) is 53.8 Å². The molecule has 6 rings (SSSR count). The van der Waals surface area contributed by atoms with Crippen LogP contribution in [-0.4, -0.2) is 3.42 Å².